The van der Waals surface area contributed by atoms with E-state index in [0.717, 1.165) is 21.9 Å². The van der Waals surface area contributed by atoms with Crippen LogP contribution in [0, 0.1) is 23.3 Å². The van der Waals surface area contributed by atoms with Crippen LogP contribution in [0.3, 0.4) is 0 Å². The van der Waals surface area contributed by atoms with E-state index in [-0.39, 0.29) is 72.9 Å². The van der Waals surface area contributed by atoms with Crippen molar-refractivity contribution >= 4 is 108 Å². The third-order valence-corrected chi connectivity index (χ3v) is 11.9. The number of alkyl halides is 4. The Hall–Kier alpha value is -7.23. The fourth-order valence-corrected chi connectivity index (χ4v) is 7.25. The summed E-state index contributed by atoms with van der Waals surface area (Å²) >= 11 is 11.8. The van der Waals surface area contributed by atoms with E-state index in [9.17, 15) is 54.3 Å². The molecule has 2 atom stereocenters. The van der Waals surface area contributed by atoms with Crippen molar-refractivity contribution in [2.75, 3.05) is 51.0 Å². The van der Waals surface area contributed by atoms with Crippen LogP contribution >= 0.6 is 50.2 Å². The molecule has 6 amide bonds. The van der Waals surface area contributed by atoms with Crippen LogP contribution in [-0.4, -0.2) is 108 Å². The van der Waals surface area contributed by atoms with Gasteiger partial charge in [-0.05, 0) is 88.1 Å². The van der Waals surface area contributed by atoms with Crippen LogP contribution in [-0.2, 0) is 22.6 Å². The standard InChI is InChI=1S/C24H22ClF4N7O3.C24H24ClF4N5O3.2H2S/c1-36(22(37)32-11-15-3-2-4-19(27)21(15)25)18(9-24(28,29)13-33-35-30)12-39-23(38)34-20-8-16-7-17(26)6-5-14(16)10-31-20;1-34(22(35)32-11-15-3-2-4-19(27)21(15)25)18(9-24(28,29)13-30)12-37-23(36)33-20-8-16-7-17(26)6-5-14(16)10-31-20;;/h2-8,10,18H,9,11-13H2,1H3,(H,32,37)(H,31,34,38);2-8,10,18H,9,11-13,30H2,1H3,(H,32,35)(H,31,33,36);2*1H2/t2*18-;;/m00../s1. The second-order valence-corrected chi connectivity index (χ2v) is 17.3. The largest absolute Gasteiger partial charge is 0.447 e. The van der Waals surface area contributed by atoms with Gasteiger partial charge in [-0.1, -0.05) is 52.6 Å². The highest BCUT2D eigenvalue weighted by Gasteiger charge is 2.37. The molecule has 6 rings (SSSR count). The lowest BCUT2D eigenvalue weighted by atomic mass is 10.1. The number of anilines is 2. The van der Waals surface area contributed by atoms with Gasteiger partial charge >= 0.3 is 24.2 Å². The van der Waals surface area contributed by atoms with Crippen LogP contribution in [0.2, 0.25) is 10.0 Å². The van der Waals surface area contributed by atoms with E-state index in [4.69, 9.17) is 43.9 Å². The first kappa shape index (κ1) is 65.1. The summed E-state index contributed by atoms with van der Waals surface area (Å²) in [6.07, 6.45) is -1.19. The highest BCUT2D eigenvalue weighted by molar-refractivity contribution is 7.59. The van der Waals surface area contributed by atoms with Gasteiger partial charge < -0.3 is 35.6 Å². The van der Waals surface area contributed by atoms with Gasteiger partial charge in [-0.2, -0.15) is 27.0 Å². The summed E-state index contributed by atoms with van der Waals surface area (Å²) in [7, 11) is 2.43. The number of carbonyl (C=O) groups is 4. The van der Waals surface area contributed by atoms with Crippen molar-refractivity contribution in [3.63, 3.8) is 0 Å². The fourth-order valence-electron chi connectivity index (χ4n) is 6.87. The highest BCUT2D eigenvalue weighted by Crippen LogP contribution is 2.27. The summed E-state index contributed by atoms with van der Waals surface area (Å²) in [5, 5.41) is 14.2. The van der Waals surface area contributed by atoms with E-state index >= 15 is 0 Å². The maximum Gasteiger partial charge on any atom is 0.412 e. The quantitative estimate of drug-likeness (QED) is 0.0224. The number of ether oxygens (including phenoxy) is 2. The number of likely N-dealkylation sites (N-methyl/N-ethyl adjacent to an activating group) is 2. The lowest BCUT2D eigenvalue weighted by Crippen LogP contribution is -2.49. The Labute approximate surface area is 463 Å². The third kappa shape index (κ3) is 19.7. The Bertz CT molecular complexity index is 3100. The molecule has 0 spiro atoms. The van der Waals surface area contributed by atoms with Gasteiger partial charge in [0.25, 0.3) is 11.8 Å². The van der Waals surface area contributed by atoms with Crippen molar-refractivity contribution in [2.24, 2.45) is 10.8 Å². The van der Waals surface area contributed by atoms with Gasteiger partial charge in [-0.3, -0.25) is 10.6 Å². The minimum absolute atomic E-state index is 0. The number of amides is 6. The number of azide groups is 1. The van der Waals surface area contributed by atoms with Gasteiger partial charge in [0.15, 0.2) is 0 Å². The molecule has 420 valence electrons. The first-order valence-corrected chi connectivity index (χ1v) is 23.1. The molecule has 0 radical (unpaired) electrons. The average molecular weight is 1180 g/mol. The number of urea groups is 2. The van der Waals surface area contributed by atoms with E-state index in [0.29, 0.717) is 21.5 Å². The van der Waals surface area contributed by atoms with Gasteiger partial charge in [0.05, 0.1) is 35.2 Å². The lowest BCUT2D eigenvalue weighted by Gasteiger charge is -2.30. The second kappa shape index (κ2) is 30.1. The van der Waals surface area contributed by atoms with Crippen LogP contribution in [0.1, 0.15) is 24.0 Å². The van der Waals surface area contributed by atoms with Gasteiger partial charge in [0.1, 0.15) is 48.1 Å². The second-order valence-electron chi connectivity index (χ2n) is 16.6. The molecule has 0 aliphatic carbocycles. The molecule has 0 saturated carbocycles. The fraction of sp³-hybridized carbons (Fsp3) is 0.292. The molecule has 6 N–H and O–H groups in total. The van der Waals surface area contributed by atoms with Gasteiger partial charge in [-0.25, -0.2) is 64.3 Å². The summed E-state index contributed by atoms with van der Waals surface area (Å²) in [5.74, 6) is -9.17. The molecule has 0 aliphatic rings. The molecule has 6 aromatic rings. The van der Waals surface area contributed by atoms with Crippen LogP contribution in [0.15, 0.2) is 102 Å². The minimum Gasteiger partial charge on any atom is -0.447 e. The van der Waals surface area contributed by atoms with Crippen molar-refractivity contribution in [3.8, 4) is 0 Å². The third-order valence-electron chi connectivity index (χ3n) is 11.0. The number of nitrogens with two attached hydrogens (primary N) is 1. The molecule has 2 aromatic heterocycles. The summed E-state index contributed by atoms with van der Waals surface area (Å²) < 4.78 is 121. The molecule has 0 aliphatic heterocycles. The molecule has 78 heavy (non-hydrogen) atoms. The predicted octanol–water partition coefficient (Wildman–Crippen LogP) is 11.4. The Morgan fingerprint density at radius 3 is 1.47 bits per heavy atom. The normalized spacial score (nSPS) is 11.7. The van der Waals surface area contributed by atoms with Crippen molar-refractivity contribution in [2.45, 2.75) is 49.9 Å². The van der Waals surface area contributed by atoms with Gasteiger partial charge in [0.2, 0.25) is 0 Å². The molecule has 0 bridgehead atoms. The summed E-state index contributed by atoms with van der Waals surface area (Å²) in [5.41, 5.74) is 14.1. The molecular formula is C48H50Cl2F8N12O6S2. The van der Waals surface area contributed by atoms with Crippen molar-refractivity contribution in [1.82, 2.24) is 30.4 Å². The number of aromatic nitrogens is 2. The van der Waals surface area contributed by atoms with Gasteiger partial charge in [0, 0.05) is 68.1 Å². The highest BCUT2D eigenvalue weighted by atomic mass is 35.5. The smallest absolute Gasteiger partial charge is 0.412 e. The minimum atomic E-state index is -3.54. The number of fused-ring (bicyclic) bond motifs is 2. The zero-order valence-electron chi connectivity index (χ0n) is 41.0. The van der Waals surface area contributed by atoms with E-state index in [1.165, 1.54) is 99.3 Å². The van der Waals surface area contributed by atoms with Crippen LogP contribution in [0.25, 0.3) is 32.0 Å². The Kier molecular flexibility index (Phi) is 25.1. The molecule has 4 aromatic carbocycles. The van der Waals surface area contributed by atoms with Crippen LogP contribution in [0.4, 0.5) is 65.9 Å². The Balaban J connectivity index is 0.000000401. The average Bonchev–Trinajstić information content (AvgIpc) is 3.38. The first-order chi connectivity index (χ1) is 36.0. The zero-order chi connectivity index (χ0) is 55.7. The zero-order valence-corrected chi connectivity index (χ0v) is 44.5. The maximum absolute atomic E-state index is 14.4. The number of hydrogen-bond acceptors (Lipinski definition) is 10. The lowest BCUT2D eigenvalue weighted by molar-refractivity contribution is -0.0264. The van der Waals surface area contributed by atoms with Crippen LogP contribution in [0.5, 0.6) is 0 Å². The molecular weight excluding hydrogens is 1130 g/mol. The molecule has 2 heterocycles. The van der Waals surface area contributed by atoms with Gasteiger partial charge in [-0.15, -0.1) is 0 Å². The summed E-state index contributed by atoms with van der Waals surface area (Å²) in [4.78, 5) is 62.1. The van der Waals surface area contributed by atoms with E-state index in [1.807, 2.05) is 0 Å². The van der Waals surface area contributed by atoms with Crippen molar-refractivity contribution in [1.29, 1.82) is 0 Å². The number of carbonyl (C=O) groups excluding carboxylic acids is 4. The van der Waals surface area contributed by atoms with E-state index < -0.39 is 111 Å². The number of pyridine rings is 2. The Morgan fingerprint density at radius 1 is 0.667 bits per heavy atom. The SMILES string of the molecule is CN(C(=O)NCc1cccc(F)c1Cl)[C@H](COC(=O)Nc1cc2cc(F)ccc2cn1)CC(F)(F)CN.CN(C(=O)NCc1cccc(F)c1Cl)[C@H](COC(=O)Nc1cc2cc(F)ccc2cn1)CC(F)(F)CN=[N+]=[N-].S.S. The van der Waals surface area contributed by atoms with Crippen LogP contribution < -0.4 is 27.0 Å². The molecule has 0 unspecified atom stereocenters. The predicted molar refractivity (Wildman–Crippen MR) is 287 cm³/mol. The number of halogens is 10. The van der Waals surface area contributed by atoms with Crippen molar-refractivity contribution in [3.05, 3.63) is 152 Å². The number of hydrogen-bond donors (Lipinski definition) is 5. The number of rotatable bonds is 19. The maximum atomic E-state index is 14.4. The van der Waals surface area contributed by atoms with Crippen molar-refractivity contribution < 1.29 is 63.8 Å². The molecule has 30 heteroatoms. The van der Waals surface area contributed by atoms with E-state index in [2.05, 4.69) is 41.3 Å². The summed E-state index contributed by atoms with van der Waals surface area (Å²) in [6, 6.07) is 14.6. The topological polar surface area (TPSA) is 242 Å². The number of nitrogens with zero attached hydrogens (tertiary/aromatic N) is 7. The summed E-state index contributed by atoms with van der Waals surface area (Å²) in [6.45, 7) is -3.83. The first-order valence-electron chi connectivity index (χ1n) is 22.3. The Morgan fingerprint density at radius 2 is 1.08 bits per heavy atom. The molecule has 0 fully saturated rings. The van der Waals surface area contributed by atoms with E-state index in [1.54, 1.807) is 0 Å². The molecule has 18 nitrogen and oxygen atoms in total. The molecule has 0 saturated heterocycles. The number of benzene rings is 4. The monoisotopic (exact) mass is 1180 g/mol. The number of nitrogens with one attached hydrogen (secondary N) is 4.